The van der Waals surface area contributed by atoms with Gasteiger partial charge in [-0.15, -0.1) is 0 Å². The van der Waals surface area contributed by atoms with Crippen LogP contribution in [-0.4, -0.2) is 4.98 Å². The van der Waals surface area contributed by atoms with E-state index in [4.69, 9.17) is 16.9 Å². The summed E-state index contributed by atoms with van der Waals surface area (Å²) in [6.07, 6.45) is 2.50. The van der Waals surface area contributed by atoms with Crippen LogP contribution < -0.4 is 0 Å². The van der Waals surface area contributed by atoms with Crippen LogP contribution in [0.15, 0.2) is 12.1 Å². The molecule has 0 aliphatic rings. The molecule has 0 N–H and O–H groups in total. The SMILES string of the molecule is N#Cc1n[c]ccc1Cl. The number of aromatic nitrogens is 1. The molecule has 1 rings (SSSR count). The molecule has 0 unspecified atom stereocenters. The zero-order valence-electron chi connectivity index (χ0n) is 4.43. The summed E-state index contributed by atoms with van der Waals surface area (Å²) < 4.78 is 0. The third-order valence-electron chi connectivity index (χ3n) is 0.813. The van der Waals surface area contributed by atoms with Gasteiger partial charge < -0.3 is 0 Å². The highest BCUT2D eigenvalue weighted by molar-refractivity contribution is 6.31. The van der Waals surface area contributed by atoms with E-state index < -0.39 is 0 Å². The van der Waals surface area contributed by atoms with Crippen molar-refractivity contribution in [2.45, 2.75) is 0 Å². The molecule has 0 saturated carbocycles. The highest BCUT2D eigenvalue weighted by Crippen LogP contribution is 2.09. The van der Waals surface area contributed by atoms with Crippen LogP contribution in [0.2, 0.25) is 5.02 Å². The molecular formula is C6H2ClN2. The largest absolute Gasteiger partial charge is 0.234 e. The number of hydrogen-bond donors (Lipinski definition) is 0. The van der Waals surface area contributed by atoms with Crippen LogP contribution in [0, 0.1) is 17.5 Å². The van der Waals surface area contributed by atoms with Crippen LogP contribution in [0.4, 0.5) is 0 Å². The van der Waals surface area contributed by atoms with Crippen molar-refractivity contribution in [3.05, 3.63) is 29.0 Å². The molecule has 0 saturated heterocycles. The summed E-state index contributed by atoms with van der Waals surface area (Å²) in [5, 5.41) is 8.67. The molecule has 0 amide bonds. The van der Waals surface area contributed by atoms with Crippen molar-refractivity contribution in [2.75, 3.05) is 0 Å². The molecular weight excluding hydrogens is 136 g/mol. The van der Waals surface area contributed by atoms with Crippen LogP contribution in [0.3, 0.4) is 0 Å². The summed E-state index contributed by atoms with van der Waals surface area (Å²) in [5.41, 5.74) is 0.221. The molecule has 0 aromatic carbocycles. The second-order valence-corrected chi connectivity index (χ2v) is 1.79. The lowest BCUT2D eigenvalue weighted by atomic mass is 10.4. The van der Waals surface area contributed by atoms with Crippen LogP contribution in [0.25, 0.3) is 0 Å². The average Bonchev–Trinajstić information content (AvgIpc) is 1.89. The Morgan fingerprint density at radius 3 is 3.00 bits per heavy atom. The molecule has 2 nitrogen and oxygen atoms in total. The van der Waals surface area contributed by atoms with Gasteiger partial charge in [0.15, 0.2) is 5.69 Å². The monoisotopic (exact) mass is 137 g/mol. The quantitative estimate of drug-likeness (QED) is 0.542. The maximum Gasteiger partial charge on any atom is 0.159 e. The van der Waals surface area contributed by atoms with Crippen molar-refractivity contribution >= 4 is 11.6 Å². The molecule has 0 fully saturated rings. The van der Waals surface area contributed by atoms with E-state index in [9.17, 15) is 0 Å². The van der Waals surface area contributed by atoms with Gasteiger partial charge in [-0.3, -0.25) is 0 Å². The standard InChI is InChI=1S/C6H2ClN2/c7-5-2-1-3-9-6(5)4-8/h1-2H. The van der Waals surface area contributed by atoms with E-state index >= 15 is 0 Å². The Hall–Kier alpha value is -1.07. The first kappa shape index (κ1) is 6.06. The van der Waals surface area contributed by atoms with Crippen LogP contribution in [0.5, 0.6) is 0 Å². The molecule has 0 aliphatic carbocycles. The summed E-state index contributed by atoms with van der Waals surface area (Å²) in [6.45, 7) is 0. The number of nitrogens with zero attached hydrogens (tertiary/aromatic N) is 2. The number of hydrogen-bond acceptors (Lipinski definition) is 2. The lowest BCUT2D eigenvalue weighted by molar-refractivity contribution is 1.25. The van der Waals surface area contributed by atoms with Crippen LogP contribution in [0.1, 0.15) is 5.69 Å². The minimum atomic E-state index is 0.221. The molecule has 0 atom stereocenters. The molecule has 1 aromatic rings. The maximum atomic E-state index is 8.30. The van der Waals surface area contributed by atoms with E-state index in [-0.39, 0.29) is 5.69 Å². The predicted octanol–water partition coefficient (Wildman–Crippen LogP) is 1.41. The second kappa shape index (κ2) is 2.47. The maximum absolute atomic E-state index is 8.30. The first-order valence-corrected chi connectivity index (χ1v) is 2.65. The number of pyridine rings is 1. The minimum absolute atomic E-state index is 0.221. The van der Waals surface area contributed by atoms with Crippen molar-refractivity contribution in [1.29, 1.82) is 5.26 Å². The molecule has 1 radical (unpaired) electrons. The van der Waals surface area contributed by atoms with Gasteiger partial charge in [0.05, 0.1) is 11.2 Å². The number of nitriles is 1. The summed E-state index contributed by atoms with van der Waals surface area (Å²) in [5.74, 6) is 0. The smallest absolute Gasteiger partial charge is 0.159 e. The summed E-state index contributed by atoms with van der Waals surface area (Å²) >= 11 is 5.52. The van der Waals surface area contributed by atoms with Crippen LogP contribution >= 0.6 is 11.6 Å². The minimum Gasteiger partial charge on any atom is -0.234 e. The normalized spacial score (nSPS) is 8.44. The van der Waals surface area contributed by atoms with Gasteiger partial charge in [-0.05, 0) is 12.1 Å². The Kier molecular flexibility index (Phi) is 1.66. The van der Waals surface area contributed by atoms with Crippen molar-refractivity contribution in [1.82, 2.24) is 4.98 Å². The van der Waals surface area contributed by atoms with E-state index in [2.05, 4.69) is 11.2 Å². The summed E-state index contributed by atoms with van der Waals surface area (Å²) in [7, 11) is 0. The van der Waals surface area contributed by atoms with E-state index in [0.717, 1.165) is 0 Å². The van der Waals surface area contributed by atoms with E-state index in [1.165, 1.54) is 0 Å². The fourth-order valence-electron chi connectivity index (χ4n) is 0.423. The van der Waals surface area contributed by atoms with Gasteiger partial charge in [-0.25, -0.2) is 4.98 Å². The second-order valence-electron chi connectivity index (χ2n) is 1.38. The first-order valence-electron chi connectivity index (χ1n) is 2.27. The molecule has 0 aliphatic heterocycles. The highest BCUT2D eigenvalue weighted by Gasteiger charge is 1.95. The average molecular weight is 138 g/mol. The van der Waals surface area contributed by atoms with Gasteiger partial charge in [-0.1, -0.05) is 11.6 Å². The molecule has 3 heteroatoms. The van der Waals surface area contributed by atoms with Crippen molar-refractivity contribution < 1.29 is 0 Å². The van der Waals surface area contributed by atoms with Crippen molar-refractivity contribution in [3.8, 4) is 6.07 Å². The van der Waals surface area contributed by atoms with E-state index in [0.29, 0.717) is 5.02 Å². The molecule has 1 heterocycles. The molecule has 0 bridgehead atoms. The topological polar surface area (TPSA) is 36.7 Å². The van der Waals surface area contributed by atoms with Gasteiger partial charge in [0.2, 0.25) is 0 Å². The summed E-state index contributed by atoms with van der Waals surface area (Å²) in [6, 6.07) is 4.96. The number of rotatable bonds is 0. The van der Waals surface area contributed by atoms with Gasteiger partial charge >= 0.3 is 0 Å². The highest BCUT2D eigenvalue weighted by atomic mass is 35.5. The Bertz CT molecular complexity index is 251. The zero-order chi connectivity index (χ0) is 6.69. The van der Waals surface area contributed by atoms with Gasteiger partial charge in [0, 0.05) is 0 Å². The van der Waals surface area contributed by atoms with Gasteiger partial charge in [0.1, 0.15) is 6.07 Å². The van der Waals surface area contributed by atoms with Gasteiger partial charge in [0.25, 0.3) is 0 Å². The molecule has 0 spiro atoms. The third kappa shape index (κ3) is 1.18. The van der Waals surface area contributed by atoms with Gasteiger partial charge in [-0.2, -0.15) is 5.26 Å². The Morgan fingerprint density at radius 2 is 2.56 bits per heavy atom. The lowest BCUT2D eigenvalue weighted by Gasteiger charge is -1.86. The summed E-state index contributed by atoms with van der Waals surface area (Å²) in [4.78, 5) is 3.58. The van der Waals surface area contributed by atoms with E-state index in [1.54, 1.807) is 12.1 Å². The molecule has 1 aromatic heterocycles. The Morgan fingerprint density at radius 1 is 1.78 bits per heavy atom. The van der Waals surface area contributed by atoms with Crippen molar-refractivity contribution in [2.24, 2.45) is 0 Å². The fourth-order valence-corrected chi connectivity index (χ4v) is 0.571. The lowest BCUT2D eigenvalue weighted by Crippen LogP contribution is -1.80. The predicted molar refractivity (Wildman–Crippen MR) is 32.8 cm³/mol. The fraction of sp³-hybridized carbons (Fsp3) is 0. The molecule has 43 valence electrons. The van der Waals surface area contributed by atoms with Crippen molar-refractivity contribution in [3.63, 3.8) is 0 Å². The van der Waals surface area contributed by atoms with Crippen LogP contribution in [-0.2, 0) is 0 Å². The first-order chi connectivity index (χ1) is 4.34. The zero-order valence-corrected chi connectivity index (χ0v) is 5.18. The molecule has 9 heavy (non-hydrogen) atoms. The Balaban J connectivity index is 3.20. The number of halogens is 1. The third-order valence-corrected chi connectivity index (χ3v) is 1.12. The van der Waals surface area contributed by atoms with E-state index in [1.807, 2.05) is 6.07 Å². The Labute approximate surface area is 57.7 Å².